The van der Waals surface area contributed by atoms with Crippen molar-refractivity contribution in [1.82, 2.24) is 14.5 Å². The number of nitrogens with zero attached hydrogens (tertiary/aromatic N) is 3. The number of benzene rings is 2. The van der Waals surface area contributed by atoms with Gasteiger partial charge in [-0.25, -0.2) is 9.78 Å². The highest BCUT2D eigenvalue weighted by Gasteiger charge is 2.26. The lowest BCUT2D eigenvalue weighted by molar-refractivity contribution is 0.0180. The maximum atomic E-state index is 13.5. The van der Waals surface area contributed by atoms with Gasteiger partial charge >= 0.3 is 6.09 Å². The van der Waals surface area contributed by atoms with Crippen LogP contribution in [0.2, 0.25) is 5.02 Å². The van der Waals surface area contributed by atoms with Crippen molar-refractivity contribution in [3.63, 3.8) is 0 Å². The molecular formula is C29H36ClN3O5. The number of piperidine rings is 1. The number of ether oxygens (including phenoxy) is 3. The fourth-order valence-corrected chi connectivity index (χ4v) is 4.84. The van der Waals surface area contributed by atoms with Gasteiger partial charge in [0.25, 0.3) is 5.56 Å². The van der Waals surface area contributed by atoms with Gasteiger partial charge < -0.3 is 19.1 Å². The standard InChI is InChI=1S/C29H36ClN3O5/c1-29(2,3)38-28(35)32-17-14-20(15-18-32)7-6-16-33-25(19-37-22-12-10-21(30)11-13-22)31-26-23(27(33)34)8-5-9-24(26)36-4/h5,8-13,20H,6-7,14-19H2,1-4H3. The number of halogens is 1. The van der Waals surface area contributed by atoms with Gasteiger partial charge in [-0.3, -0.25) is 9.36 Å². The molecule has 1 fully saturated rings. The van der Waals surface area contributed by atoms with Crippen molar-refractivity contribution in [3.8, 4) is 11.5 Å². The summed E-state index contributed by atoms with van der Waals surface area (Å²) >= 11 is 5.99. The zero-order valence-electron chi connectivity index (χ0n) is 22.5. The Kier molecular flexibility index (Phi) is 8.82. The molecular weight excluding hydrogens is 506 g/mol. The number of methoxy groups -OCH3 is 1. The predicted octanol–water partition coefficient (Wildman–Crippen LogP) is 6.06. The first kappa shape index (κ1) is 27.8. The molecule has 1 aliphatic rings. The van der Waals surface area contributed by atoms with E-state index in [0.29, 0.717) is 58.8 Å². The summed E-state index contributed by atoms with van der Waals surface area (Å²) in [6, 6.07) is 12.5. The smallest absolute Gasteiger partial charge is 0.410 e. The Balaban J connectivity index is 1.44. The Morgan fingerprint density at radius 2 is 1.82 bits per heavy atom. The van der Waals surface area contributed by atoms with Crippen LogP contribution in [0.5, 0.6) is 11.5 Å². The quantitative estimate of drug-likeness (QED) is 0.344. The van der Waals surface area contributed by atoms with Gasteiger partial charge in [0.2, 0.25) is 0 Å². The molecule has 2 aromatic carbocycles. The monoisotopic (exact) mass is 541 g/mol. The second-order valence-corrected chi connectivity index (χ2v) is 11.1. The minimum Gasteiger partial charge on any atom is -0.494 e. The van der Waals surface area contributed by atoms with Gasteiger partial charge in [-0.1, -0.05) is 17.7 Å². The molecule has 0 saturated carbocycles. The molecule has 9 heteroatoms. The van der Waals surface area contributed by atoms with Crippen LogP contribution in [0.1, 0.15) is 52.3 Å². The Morgan fingerprint density at radius 1 is 1.11 bits per heavy atom. The second kappa shape index (κ2) is 12.1. The predicted molar refractivity (Wildman–Crippen MR) is 148 cm³/mol. The SMILES string of the molecule is COc1cccc2c(=O)n(CCCC3CCN(C(=O)OC(C)(C)C)CC3)c(COc3ccc(Cl)cc3)nc12. The molecule has 1 aliphatic heterocycles. The highest BCUT2D eigenvalue weighted by Crippen LogP contribution is 2.25. The maximum Gasteiger partial charge on any atom is 0.410 e. The third-order valence-corrected chi connectivity index (χ3v) is 6.94. The molecule has 0 unspecified atom stereocenters. The number of para-hydroxylation sites is 1. The van der Waals surface area contributed by atoms with Crippen LogP contribution in [-0.2, 0) is 17.9 Å². The summed E-state index contributed by atoms with van der Waals surface area (Å²) in [5, 5.41) is 1.14. The zero-order valence-corrected chi connectivity index (χ0v) is 23.3. The van der Waals surface area contributed by atoms with E-state index >= 15 is 0 Å². The average molecular weight is 542 g/mol. The third kappa shape index (κ3) is 6.98. The summed E-state index contributed by atoms with van der Waals surface area (Å²) in [6.45, 7) is 7.70. The Hall–Kier alpha value is -3.26. The summed E-state index contributed by atoms with van der Waals surface area (Å²) < 4.78 is 18.6. The van der Waals surface area contributed by atoms with E-state index in [1.54, 1.807) is 59.0 Å². The van der Waals surface area contributed by atoms with Crippen molar-refractivity contribution < 1.29 is 19.0 Å². The minimum absolute atomic E-state index is 0.108. The van der Waals surface area contributed by atoms with Gasteiger partial charge in [0, 0.05) is 24.7 Å². The van der Waals surface area contributed by atoms with Gasteiger partial charge in [-0.15, -0.1) is 0 Å². The first-order chi connectivity index (χ1) is 18.1. The molecule has 0 spiro atoms. The number of likely N-dealkylation sites (tertiary alicyclic amines) is 1. The molecule has 0 aliphatic carbocycles. The van der Waals surface area contributed by atoms with Gasteiger partial charge in [-0.05, 0) is 88.8 Å². The number of aromatic nitrogens is 2. The fourth-order valence-electron chi connectivity index (χ4n) is 4.72. The lowest BCUT2D eigenvalue weighted by atomic mass is 9.92. The van der Waals surface area contributed by atoms with Crippen molar-refractivity contribution in [3.05, 3.63) is 63.7 Å². The van der Waals surface area contributed by atoms with Crippen LogP contribution in [0.15, 0.2) is 47.3 Å². The van der Waals surface area contributed by atoms with E-state index in [4.69, 9.17) is 30.8 Å². The number of rotatable bonds is 8. The molecule has 3 aromatic rings. The van der Waals surface area contributed by atoms with E-state index < -0.39 is 5.60 Å². The first-order valence-electron chi connectivity index (χ1n) is 13.1. The van der Waals surface area contributed by atoms with Gasteiger partial charge in [0.05, 0.1) is 12.5 Å². The van der Waals surface area contributed by atoms with Crippen molar-refractivity contribution in [2.24, 2.45) is 5.92 Å². The molecule has 0 atom stereocenters. The number of amides is 1. The Bertz CT molecular complexity index is 1310. The minimum atomic E-state index is -0.492. The first-order valence-corrected chi connectivity index (χ1v) is 13.4. The van der Waals surface area contributed by atoms with Crippen LogP contribution in [0.4, 0.5) is 4.79 Å². The third-order valence-electron chi connectivity index (χ3n) is 6.69. The van der Waals surface area contributed by atoms with Crippen LogP contribution in [0.3, 0.4) is 0 Å². The van der Waals surface area contributed by atoms with Crippen LogP contribution in [0, 0.1) is 5.92 Å². The summed E-state index contributed by atoms with van der Waals surface area (Å²) in [4.78, 5) is 32.5. The maximum absolute atomic E-state index is 13.5. The lowest BCUT2D eigenvalue weighted by Crippen LogP contribution is -2.41. The summed E-state index contributed by atoms with van der Waals surface area (Å²) in [6.07, 6.45) is 3.39. The van der Waals surface area contributed by atoms with E-state index in [1.165, 1.54) is 0 Å². The van der Waals surface area contributed by atoms with Crippen molar-refractivity contribution in [2.45, 2.75) is 65.2 Å². The molecule has 1 saturated heterocycles. The summed E-state index contributed by atoms with van der Waals surface area (Å²) in [7, 11) is 1.57. The van der Waals surface area contributed by atoms with Gasteiger partial charge in [-0.2, -0.15) is 0 Å². The van der Waals surface area contributed by atoms with Gasteiger partial charge in [0.15, 0.2) is 0 Å². The molecule has 1 amide bonds. The van der Waals surface area contributed by atoms with Crippen LogP contribution < -0.4 is 15.0 Å². The van der Waals surface area contributed by atoms with E-state index in [1.807, 2.05) is 20.8 Å². The highest BCUT2D eigenvalue weighted by molar-refractivity contribution is 6.30. The molecule has 204 valence electrons. The van der Waals surface area contributed by atoms with Crippen LogP contribution >= 0.6 is 11.6 Å². The molecule has 4 rings (SSSR count). The average Bonchev–Trinajstić information content (AvgIpc) is 2.89. The number of carbonyl (C=O) groups excluding carboxylic acids is 1. The molecule has 38 heavy (non-hydrogen) atoms. The van der Waals surface area contributed by atoms with E-state index in [-0.39, 0.29) is 18.3 Å². The van der Waals surface area contributed by atoms with Crippen molar-refractivity contribution >= 4 is 28.6 Å². The Morgan fingerprint density at radius 3 is 2.47 bits per heavy atom. The van der Waals surface area contributed by atoms with Gasteiger partial charge in [0.1, 0.15) is 35.0 Å². The number of hydrogen-bond donors (Lipinski definition) is 0. The fraction of sp³-hybridized carbons (Fsp3) is 0.483. The van der Waals surface area contributed by atoms with Crippen molar-refractivity contribution in [1.29, 1.82) is 0 Å². The Labute approximate surface area is 228 Å². The van der Waals surface area contributed by atoms with E-state index in [9.17, 15) is 9.59 Å². The lowest BCUT2D eigenvalue weighted by Gasteiger charge is -2.33. The number of hydrogen-bond acceptors (Lipinski definition) is 6. The molecule has 0 radical (unpaired) electrons. The topological polar surface area (TPSA) is 82.9 Å². The zero-order chi connectivity index (χ0) is 27.3. The number of fused-ring (bicyclic) bond motifs is 1. The summed E-state index contributed by atoms with van der Waals surface area (Å²) in [5.74, 6) is 2.23. The van der Waals surface area contributed by atoms with Crippen LogP contribution in [-0.4, -0.2) is 46.3 Å². The molecule has 1 aromatic heterocycles. The molecule has 0 bridgehead atoms. The van der Waals surface area contributed by atoms with Crippen LogP contribution in [0.25, 0.3) is 10.9 Å². The van der Waals surface area contributed by atoms with E-state index in [0.717, 1.165) is 25.7 Å². The molecule has 8 nitrogen and oxygen atoms in total. The van der Waals surface area contributed by atoms with E-state index in [2.05, 4.69) is 0 Å². The molecule has 0 N–H and O–H groups in total. The highest BCUT2D eigenvalue weighted by atomic mass is 35.5. The largest absolute Gasteiger partial charge is 0.494 e. The second-order valence-electron chi connectivity index (χ2n) is 10.6. The molecule has 2 heterocycles. The normalized spacial score (nSPS) is 14.5. The summed E-state index contributed by atoms with van der Waals surface area (Å²) in [5.41, 5.74) is -0.0718. The number of carbonyl (C=O) groups is 1. The van der Waals surface area contributed by atoms with Crippen molar-refractivity contribution in [2.75, 3.05) is 20.2 Å².